The Kier molecular flexibility index (Phi) is 8.60. The van der Waals surface area contributed by atoms with Crippen LogP contribution >= 0.6 is 24.0 Å². The van der Waals surface area contributed by atoms with Crippen molar-refractivity contribution in [1.29, 1.82) is 0 Å². The molecule has 3 N–H and O–H groups in total. The van der Waals surface area contributed by atoms with Crippen LogP contribution in [-0.4, -0.2) is 36.5 Å². The number of carbonyl (C=O) groups excluding carboxylic acids is 1. The molecule has 23 heavy (non-hydrogen) atoms. The van der Waals surface area contributed by atoms with Crippen molar-refractivity contribution in [2.75, 3.05) is 18.9 Å². The third-order valence-corrected chi connectivity index (χ3v) is 3.40. The van der Waals surface area contributed by atoms with E-state index in [1.807, 2.05) is 13.0 Å². The highest BCUT2D eigenvalue weighted by Crippen LogP contribution is 2.08. The number of guanidine groups is 1. The van der Waals surface area contributed by atoms with E-state index in [1.54, 1.807) is 19.3 Å². The predicted molar refractivity (Wildman–Crippen MR) is 104 cm³/mol. The SMILES string of the molecule is CN=C(NCCC(=O)Nc1ccc(C)cn1)NC1CC=CC1.I. The first kappa shape index (κ1) is 19.4. The number of halogens is 1. The van der Waals surface area contributed by atoms with E-state index in [0.717, 1.165) is 24.4 Å². The Bertz CT molecular complexity index is 548. The van der Waals surface area contributed by atoms with Gasteiger partial charge in [0.15, 0.2) is 5.96 Å². The van der Waals surface area contributed by atoms with E-state index in [4.69, 9.17) is 0 Å². The van der Waals surface area contributed by atoms with Gasteiger partial charge in [0.25, 0.3) is 0 Å². The van der Waals surface area contributed by atoms with Crippen molar-refractivity contribution >= 4 is 41.7 Å². The minimum absolute atomic E-state index is 0. The number of nitrogens with one attached hydrogen (secondary N) is 3. The maximum Gasteiger partial charge on any atom is 0.227 e. The number of amides is 1. The smallest absolute Gasteiger partial charge is 0.227 e. The van der Waals surface area contributed by atoms with Gasteiger partial charge in [-0.15, -0.1) is 24.0 Å². The lowest BCUT2D eigenvalue weighted by Crippen LogP contribution is -2.43. The molecule has 1 heterocycles. The summed E-state index contributed by atoms with van der Waals surface area (Å²) >= 11 is 0. The zero-order valence-corrected chi connectivity index (χ0v) is 15.8. The molecule has 0 fully saturated rings. The number of anilines is 1. The summed E-state index contributed by atoms with van der Waals surface area (Å²) in [4.78, 5) is 20.2. The van der Waals surface area contributed by atoms with Gasteiger partial charge in [-0.25, -0.2) is 4.98 Å². The van der Waals surface area contributed by atoms with Gasteiger partial charge in [-0.2, -0.15) is 0 Å². The molecule has 1 aromatic heterocycles. The largest absolute Gasteiger partial charge is 0.356 e. The molecular weight excluding hydrogens is 405 g/mol. The van der Waals surface area contributed by atoms with Gasteiger partial charge in [0.1, 0.15) is 5.82 Å². The number of pyridine rings is 1. The van der Waals surface area contributed by atoms with Gasteiger partial charge in [0.2, 0.25) is 5.91 Å². The summed E-state index contributed by atoms with van der Waals surface area (Å²) in [6.07, 6.45) is 8.44. The molecule has 2 rings (SSSR count). The highest BCUT2D eigenvalue weighted by Gasteiger charge is 2.11. The van der Waals surface area contributed by atoms with Crippen LogP contribution in [0.3, 0.4) is 0 Å². The molecule has 0 bridgehead atoms. The lowest BCUT2D eigenvalue weighted by Gasteiger charge is -2.16. The van der Waals surface area contributed by atoms with Crippen molar-refractivity contribution in [2.24, 2.45) is 4.99 Å². The number of hydrogen-bond acceptors (Lipinski definition) is 3. The Labute approximate surface area is 154 Å². The fourth-order valence-electron chi connectivity index (χ4n) is 2.16. The predicted octanol–water partition coefficient (Wildman–Crippen LogP) is 2.22. The van der Waals surface area contributed by atoms with E-state index >= 15 is 0 Å². The van der Waals surface area contributed by atoms with Gasteiger partial charge in [-0.05, 0) is 31.4 Å². The quantitative estimate of drug-likeness (QED) is 0.290. The van der Waals surface area contributed by atoms with Crippen molar-refractivity contribution in [3.05, 3.63) is 36.0 Å². The first-order valence-corrected chi connectivity index (χ1v) is 7.52. The van der Waals surface area contributed by atoms with Crippen molar-refractivity contribution in [1.82, 2.24) is 15.6 Å². The Morgan fingerprint density at radius 1 is 1.35 bits per heavy atom. The second-order valence-corrected chi connectivity index (χ2v) is 5.30. The molecular formula is C16H24IN5O. The third kappa shape index (κ3) is 6.98. The molecule has 7 heteroatoms. The normalized spacial score (nSPS) is 14.3. The van der Waals surface area contributed by atoms with Crippen LogP contribution < -0.4 is 16.0 Å². The molecule has 0 aliphatic heterocycles. The van der Waals surface area contributed by atoms with Crippen molar-refractivity contribution in [3.8, 4) is 0 Å². The monoisotopic (exact) mass is 429 g/mol. The zero-order chi connectivity index (χ0) is 15.8. The molecule has 0 radical (unpaired) electrons. The van der Waals surface area contributed by atoms with Crippen LogP contribution in [0.2, 0.25) is 0 Å². The number of nitrogens with zero attached hydrogens (tertiary/aromatic N) is 2. The van der Waals surface area contributed by atoms with Crippen LogP contribution in [0.15, 0.2) is 35.5 Å². The van der Waals surface area contributed by atoms with Gasteiger partial charge in [0, 0.05) is 32.3 Å². The van der Waals surface area contributed by atoms with E-state index in [2.05, 4.69) is 38.1 Å². The molecule has 6 nitrogen and oxygen atoms in total. The standard InChI is InChI=1S/C16H23N5O.HI/c1-12-7-8-14(19-11-12)21-15(22)9-10-18-16(17-2)20-13-5-3-4-6-13;/h3-4,7-8,11,13H,5-6,9-10H2,1-2H3,(H2,17,18,20)(H,19,21,22);1H. The molecule has 1 aliphatic carbocycles. The highest BCUT2D eigenvalue weighted by molar-refractivity contribution is 14.0. The van der Waals surface area contributed by atoms with E-state index in [0.29, 0.717) is 24.8 Å². The highest BCUT2D eigenvalue weighted by atomic mass is 127. The molecule has 0 spiro atoms. The molecule has 0 atom stereocenters. The minimum Gasteiger partial charge on any atom is -0.356 e. The van der Waals surface area contributed by atoms with Crippen LogP contribution in [0.4, 0.5) is 5.82 Å². The van der Waals surface area contributed by atoms with Gasteiger partial charge >= 0.3 is 0 Å². The molecule has 1 aromatic rings. The Morgan fingerprint density at radius 3 is 2.70 bits per heavy atom. The third-order valence-electron chi connectivity index (χ3n) is 3.40. The molecule has 0 saturated carbocycles. The van der Waals surface area contributed by atoms with E-state index in [-0.39, 0.29) is 29.9 Å². The lowest BCUT2D eigenvalue weighted by atomic mass is 10.2. The maximum absolute atomic E-state index is 11.9. The summed E-state index contributed by atoms with van der Waals surface area (Å²) < 4.78 is 0. The average Bonchev–Trinajstić information content (AvgIpc) is 3.01. The Balaban J connectivity index is 0.00000264. The minimum atomic E-state index is -0.0677. The molecule has 1 amide bonds. The van der Waals surface area contributed by atoms with Gasteiger partial charge in [-0.1, -0.05) is 18.2 Å². The molecule has 0 saturated heterocycles. The number of hydrogen-bond donors (Lipinski definition) is 3. The Morgan fingerprint density at radius 2 is 2.09 bits per heavy atom. The summed E-state index contributed by atoms with van der Waals surface area (Å²) in [5, 5.41) is 9.25. The fraction of sp³-hybridized carbons (Fsp3) is 0.438. The second kappa shape index (κ2) is 10.2. The average molecular weight is 429 g/mol. The lowest BCUT2D eigenvalue weighted by molar-refractivity contribution is -0.116. The molecule has 0 unspecified atom stereocenters. The molecule has 1 aliphatic rings. The fourth-order valence-corrected chi connectivity index (χ4v) is 2.16. The van der Waals surface area contributed by atoms with Gasteiger partial charge in [-0.3, -0.25) is 9.79 Å². The van der Waals surface area contributed by atoms with Crippen molar-refractivity contribution in [2.45, 2.75) is 32.2 Å². The van der Waals surface area contributed by atoms with E-state index in [9.17, 15) is 4.79 Å². The van der Waals surface area contributed by atoms with Crippen LogP contribution in [0.25, 0.3) is 0 Å². The number of rotatable bonds is 5. The summed E-state index contributed by atoms with van der Waals surface area (Å²) in [6.45, 7) is 2.48. The number of carbonyl (C=O) groups is 1. The number of aromatic nitrogens is 1. The van der Waals surface area contributed by atoms with Crippen molar-refractivity contribution in [3.63, 3.8) is 0 Å². The number of aliphatic imine (C=N–C) groups is 1. The van der Waals surface area contributed by atoms with Gasteiger partial charge in [0.05, 0.1) is 0 Å². The van der Waals surface area contributed by atoms with Crippen LogP contribution in [0, 0.1) is 6.92 Å². The zero-order valence-electron chi connectivity index (χ0n) is 13.5. The summed E-state index contributed by atoms with van der Waals surface area (Å²) in [7, 11) is 1.73. The first-order valence-electron chi connectivity index (χ1n) is 7.52. The first-order chi connectivity index (χ1) is 10.7. The maximum atomic E-state index is 11.9. The molecule has 0 aromatic carbocycles. The summed E-state index contributed by atoms with van der Waals surface area (Å²) in [5.41, 5.74) is 1.07. The summed E-state index contributed by atoms with van der Waals surface area (Å²) in [6, 6.07) is 4.12. The second-order valence-electron chi connectivity index (χ2n) is 5.30. The Hall–Kier alpha value is -1.64. The van der Waals surface area contributed by atoms with E-state index in [1.165, 1.54) is 0 Å². The topological polar surface area (TPSA) is 78.4 Å². The van der Waals surface area contributed by atoms with Crippen molar-refractivity contribution < 1.29 is 4.79 Å². The van der Waals surface area contributed by atoms with E-state index < -0.39 is 0 Å². The number of aryl methyl sites for hydroxylation is 1. The summed E-state index contributed by atoms with van der Waals surface area (Å²) in [5.74, 6) is 1.24. The van der Waals surface area contributed by atoms with Crippen LogP contribution in [-0.2, 0) is 4.79 Å². The van der Waals surface area contributed by atoms with Gasteiger partial charge < -0.3 is 16.0 Å². The molecule has 126 valence electrons. The van der Waals surface area contributed by atoms with Crippen LogP contribution in [0.5, 0.6) is 0 Å². The van der Waals surface area contributed by atoms with Crippen LogP contribution in [0.1, 0.15) is 24.8 Å².